The molecule has 1 rings (SSSR count). The van der Waals surface area contributed by atoms with Crippen molar-refractivity contribution in [2.45, 2.75) is 13.3 Å². The van der Waals surface area contributed by atoms with Gasteiger partial charge in [-0.25, -0.2) is 0 Å². The third-order valence-corrected chi connectivity index (χ3v) is 2.92. The van der Waals surface area contributed by atoms with E-state index in [1.807, 2.05) is 6.92 Å². The average molecular weight is 369 g/mol. The lowest BCUT2D eigenvalue weighted by Gasteiger charge is -2.04. The molecule has 0 spiro atoms. The summed E-state index contributed by atoms with van der Waals surface area (Å²) < 4.78 is 5.16. The van der Waals surface area contributed by atoms with E-state index in [1.54, 1.807) is 11.3 Å². The van der Waals surface area contributed by atoms with Crippen molar-refractivity contribution in [2.75, 3.05) is 26.3 Å². The topological polar surface area (TPSA) is 59.6 Å². The summed E-state index contributed by atoms with van der Waals surface area (Å²) in [5, 5.41) is 5.15. The van der Waals surface area contributed by atoms with Crippen LogP contribution in [-0.2, 0) is 11.2 Å². The van der Waals surface area contributed by atoms with Crippen molar-refractivity contribution in [1.82, 2.24) is 5.32 Å². The number of nitrogens with two attached hydrogens (primary N) is 1. The molecule has 1 heterocycles. The molecule has 0 unspecified atom stereocenters. The smallest absolute Gasteiger partial charge is 0.188 e. The Hall–Kier alpha value is -0.340. The summed E-state index contributed by atoms with van der Waals surface area (Å²) in [5.41, 5.74) is 5.68. The van der Waals surface area contributed by atoms with Crippen LogP contribution in [0.3, 0.4) is 0 Å². The number of rotatable bonds is 7. The van der Waals surface area contributed by atoms with Crippen molar-refractivity contribution in [3.05, 3.63) is 22.4 Å². The molecule has 0 amide bonds. The van der Waals surface area contributed by atoms with Gasteiger partial charge >= 0.3 is 0 Å². The molecule has 0 aliphatic rings. The van der Waals surface area contributed by atoms with Gasteiger partial charge in [-0.15, -0.1) is 35.3 Å². The highest BCUT2D eigenvalue weighted by Crippen LogP contribution is 2.07. The SMILES string of the molecule is CCOCCN=C(N)NCCc1cccs1.I. The van der Waals surface area contributed by atoms with Gasteiger partial charge in [-0.1, -0.05) is 6.07 Å². The maximum Gasteiger partial charge on any atom is 0.188 e. The number of thiophene rings is 1. The van der Waals surface area contributed by atoms with E-state index in [0.29, 0.717) is 19.1 Å². The highest BCUT2D eigenvalue weighted by Gasteiger charge is 1.94. The first-order valence-electron chi connectivity index (χ1n) is 5.47. The van der Waals surface area contributed by atoms with Crippen LogP contribution in [0, 0.1) is 0 Å². The van der Waals surface area contributed by atoms with Gasteiger partial charge in [-0.3, -0.25) is 4.99 Å². The number of aliphatic imine (C=N–C) groups is 1. The van der Waals surface area contributed by atoms with Gasteiger partial charge in [-0.05, 0) is 24.8 Å². The first-order chi connectivity index (χ1) is 7.83. The predicted molar refractivity (Wildman–Crippen MR) is 84.4 cm³/mol. The molecule has 0 radical (unpaired) electrons. The Bertz CT molecular complexity index is 304. The molecular weight excluding hydrogens is 349 g/mol. The van der Waals surface area contributed by atoms with Crippen LogP contribution in [0.25, 0.3) is 0 Å². The maximum absolute atomic E-state index is 5.68. The van der Waals surface area contributed by atoms with Gasteiger partial charge < -0.3 is 15.8 Å². The van der Waals surface area contributed by atoms with Crippen molar-refractivity contribution < 1.29 is 4.74 Å². The number of hydrogen-bond acceptors (Lipinski definition) is 3. The first kappa shape index (κ1) is 16.7. The van der Waals surface area contributed by atoms with Crippen molar-refractivity contribution in [1.29, 1.82) is 0 Å². The van der Waals surface area contributed by atoms with Gasteiger partial charge in [0.25, 0.3) is 0 Å². The normalized spacial score (nSPS) is 11.0. The monoisotopic (exact) mass is 369 g/mol. The third-order valence-electron chi connectivity index (χ3n) is 1.98. The van der Waals surface area contributed by atoms with Crippen LogP contribution in [0.1, 0.15) is 11.8 Å². The Balaban J connectivity index is 0.00000256. The third kappa shape index (κ3) is 8.39. The Kier molecular flexibility index (Phi) is 10.6. The van der Waals surface area contributed by atoms with E-state index in [4.69, 9.17) is 10.5 Å². The standard InChI is InChI=1S/C11H19N3OS.HI/c1-2-15-8-7-14-11(12)13-6-5-10-4-3-9-16-10;/h3-4,9H,2,5-8H2,1H3,(H3,12,13,14);1H. The number of ether oxygens (including phenoxy) is 1. The zero-order chi connectivity index (χ0) is 11.6. The number of halogens is 1. The van der Waals surface area contributed by atoms with Crippen LogP contribution in [0.15, 0.2) is 22.5 Å². The molecular formula is C11H20IN3OS. The van der Waals surface area contributed by atoms with E-state index in [-0.39, 0.29) is 24.0 Å². The van der Waals surface area contributed by atoms with Crippen LogP contribution in [-0.4, -0.2) is 32.3 Å². The van der Waals surface area contributed by atoms with Crippen LogP contribution < -0.4 is 11.1 Å². The second-order valence-electron chi connectivity index (χ2n) is 3.22. The van der Waals surface area contributed by atoms with Gasteiger partial charge in [0.1, 0.15) is 0 Å². The summed E-state index contributed by atoms with van der Waals surface area (Å²) >= 11 is 1.76. The van der Waals surface area contributed by atoms with Crippen LogP contribution in [0.4, 0.5) is 0 Å². The molecule has 17 heavy (non-hydrogen) atoms. The molecule has 0 bridgehead atoms. The fourth-order valence-electron chi connectivity index (χ4n) is 1.20. The van der Waals surface area contributed by atoms with Crippen LogP contribution >= 0.6 is 35.3 Å². The largest absolute Gasteiger partial charge is 0.380 e. The van der Waals surface area contributed by atoms with E-state index < -0.39 is 0 Å². The van der Waals surface area contributed by atoms with Crippen molar-refractivity contribution in [3.63, 3.8) is 0 Å². The molecule has 6 heteroatoms. The highest BCUT2D eigenvalue weighted by atomic mass is 127. The molecule has 1 aromatic rings. The Morgan fingerprint density at radius 3 is 3.06 bits per heavy atom. The quantitative estimate of drug-likeness (QED) is 0.334. The molecule has 98 valence electrons. The van der Waals surface area contributed by atoms with E-state index in [1.165, 1.54) is 4.88 Å². The van der Waals surface area contributed by atoms with Crippen LogP contribution in [0.2, 0.25) is 0 Å². The lowest BCUT2D eigenvalue weighted by atomic mass is 10.3. The second kappa shape index (κ2) is 10.8. The van der Waals surface area contributed by atoms with Crippen molar-refractivity contribution >= 4 is 41.3 Å². The number of hydrogen-bond donors (Lipinski definition) is 2. The molecule has 0 saturated carbocycles. The summed E-state index contributed by atoms with van der Waals surface area (Å²) in [6.45, 7) is 4.76. The van der Waals surface area contributed by atoms with Gasteiger partial charge in [0, 0.05) is 18.0 Å². The molecule has 0 aliphatic heterocycles. The van der Waals surface area contributed by atoms with Crippen molar-refractivity contribution in [3.8, 4) is 0 Å². The molecule has 0 aliphatic carbocycles. The predicted octanol–water partition coefficient (Wildman–Crippen LogP) is 1.85. The molecule has 0 fully saturated rings. The van der Waals surface area contributed by atoms with Crippen molar-refractivity contribution in [2.24, 2.45) is 10.7 Å². The Morgan fingerprint density at radius 2 is 2.41 bits per heavy atom. The second-order valence-corrected chi connectivity index (χ2v) is 4.25. The van der Waals surface area contributed by atoms with E-state index in [2.05, 4.69) is 27.8 Å². The average Bonchev–Trinajstić information content (AvgIpc) is 2.77. The zero-order valence-electron chi connectivity index (χ0n) is 10.0. The van der Waals surface area contributed by atoms with Gasteiger partial charge in [0.15, 0.2) is 5.96 Å². The molecule has 1 aromatic heterocycles. The Morgan fingerprint density at radius 1 is 1.59 bits per heavy atom. The zero-order valence-corrected chi connectivity index (χ0v) is 13.2. The Labute approximate surface area is 124 Å². The molecule has 0 atom stereocenters. The fraction of sp³-hybridized carbons (Fsp3) is 0.545. The molecule has 0 aromatic carbocycles. The number of nitrogens with one attached hydrogen (secondary N) is 1. The summed E-state index contributed by atoms with van der Waals surface area (Å²) in [4.78, 5) is 5.50. The first-order valence-corrected chi connectivity index (χ1v) is 6.34. The minimum Gasteiger partial charge on any atom is -0.380 e. The van der Waals surface area contributed by atoms with E-state index in [9.17, 15) is 0 Å². The summed E-state index contributed by atoms with van der Waals surface area (Å²) in [5.74, 6) is 0.497. The van der Waals surface area contributed by atoms with Gasteiger partial charge in [-0.2, -0.15) is 0 Å². The molecule has 3 N–H and O–H groups in total. The maximum atomic E-state index is 5.68. The van der Waals surface area contributed by atoms with Gasteiger partial charge in [0.05, 0.1) is 13.2 Å². The molecule has 0 saturated heterocycles. The summed E-state index contributed by atoms with van der Waals surface area (Å²) in [6, 6.07) is 4.17. The fourth-order valence-corrected chi connectivity index (χ4v) is 1.91. The lowest BCUT2D eigenvalue weighted by molar-refractivity contribution is 0.155. The van der Waals surface area contributed by atoms with Gasteiger partial charge in [0.2, 0.25) is 0 Å². The highest BCUT2D eigenvalue weighted by molar-refractivity contribution is 14.0. The number of guanidine groups is 1. The summed E-state index contributed by atoms with van der Waals surface area (Å²) in [6.07, 6.45) is 0.985. The number of nitrogens with zero attached hydrogens (tertiary/aromatic N) is 1. The minimum atomic E-state index is 0. The van der Waals surface area contributed by atoms with E-state index >= 15 is 0 Å². The minimum absolute atomic E-state index is 0. The summed E-state index contributed by atoms with van der Waals surface area (Å²) in [7, 11) is 0. The van der Waals surface area contributed by atoms with E-state index in [0.717, 1.165) is 19.6 Å². The van der Waals surface area contributed by atoms with Crippen LogP contribution in [0.5, 0.6) is 0 Å². The molecule has 4 nitrogen and oxygen atoms in total. The lowest BCUT2D eigenvalue weighted by Crippen LogP contribution is -2.33.